The summed E-state index contributed by atoms with van der Waals surface area (Å²) in [4.78, 5) is 17.5. The van der Waals surface area contributed by atoms with Gasteiger partial charge in [-0.25, -0.2) is 4.98 Å². The largest absolute Gasteiger partial charge is 0.313 e. The zero-order valence-electron chi connectivity index (χ0n) is 7.77. The van der Waals surface area contributed by atoms with E-state index in [4.69, 9.17) is 0 Å². The molecule has 0 radical (unpaired) electrons. The number of rotatable bonds is 2. The van der Waals surface area contributed by atoms with Gasteiger partial charge in [-0.3, -0.25) is 9.48 Å². The highest BCUT2D eigenvalue weighted by Crippen LogP contribution is 2.12. The molecule has 0 saturated heterocycles. The monoisotopic (exact) mass is 190 g/mol. The van der Waals surface area contributed by atoms with Gasteiger partial charge in [-0.1, -0.05) is 0 Å². The predicted octanol–water partition coefficient (Wildman–Crippen LogP) is 0.653. The molecule has 5 nitrogen and oxygen atoms in total. The van der Waals surface area contributed by atoms with Crippen LogP contribution in [0.2, 0.25) is 0 Å². The lowest BCUT2D eigenvalue weighted by molar-refractivity contribution is 0.660. The molecule has 0 unspecified atom stereocenters. The smallest absolute Gasteiger partial charge is 0.251 e. The third kappa shape index (κ3) is 1.56. The molecule has 72 valence electrons. The van der Waals surface area contributed by atoms with Gasteiger partial charge in [-0.05, 0) is 6.92 Å². The summed E-state index contributed by atoms with van der Waals surface area (Å²) in [6.07, 6.45) is 4.95. The van der Waals surface area contributed by atoms with Gasteiger partial charge in [0.1, 0.15) is 0 Å². The molecule has 2 aromatic heterocycles. The van der Waals surface area contributed by atoms with Crippen LogP contribution < -0.4 is 5.56 Å². The van der Waals surface area contributed by atoms with Gasteiger partial charge in [-0.15, -0.1) is 0 Å². The summed E-state index contributed by atoms with van der Waals surface area (Å²) in [5.74, 6) is 0. The highest BCUT2D eigenvalue weighted by molar-refractivity contribution is 5.55. The Bertz CT molecular complexity index is 485. The van der Waals surface area contributed by atoms with Gasteiger partial charge in [0.25, 0.3) is 5.56 Å². The van der Waals surface area contributed by atoms with Gasteiger partial charge in [0.05, 0.1) is 18.2 Å². The van der Waals surface area contributed by atoms with Crippen LogP contribution in [-0.2, 0) is 6.54 Å². The Morgan fingerprint density at radius 3 is 3.07 bits per heavy atom. The molecule has 0 bridgehead atoms. The fourth-order valence-electron chi connectivity index (χ4n) is 1.20. The molecule has 0 atom stereocenters. The lowest BCUT2D eigenvalue weighted by Gasteiger charge is -1.93. The Balaban J connectivity index is 2.44. The number of nitrogens with zero attached hydrogens (tertiary/aromatic N) is 3. The van der Waals surface area contributed by atoms with E-state index in [2.05, 4.69) is 15.1 Å². The third-order valence-electron chi connectivity index (χ3n) is 1.93. The molecule has 0 aromatic carbocycles. The fraction of sp³-hybridized carbons (Fsp3) is 0.222. The van der Waals surface area contributed by atoms with Gasteiger partial charge in [0, 0.05) is 24.4 Å². The molecule has 0 aliphatic heterocycles. The quantitative estimate of drug-likeness (QED) is 0.756. The first-order valence-corrected chi connectivity index (χ1v) is 4.37. The summed E-state index contributed by atoms with van der Waals surface area (Å²) >= 11 is 0. The van der Waals surface area contributed by atoms with Crippen molar-refractivity contribution in [3.63, 3.8) is 0 Å². The van der Waals surface area contributed by atoms with Crippen molar-refractivity contribution in [1.29, 1.82) is 0 Å². The van der Waals surface area contributed by atoms with Crippen LogP contribution in [0.1, 0.15) is 6.92 Å². The van der Waals surface area contributed by atoms with Crippen molar-refractivity contribution < 1.29 is 0 Å². The van der Waals surface area contributed by atoms with Crippen LogP contribution in [0.5, 0.6) is 0 Å². The van der Waals surface area contributed by atoms with Crippen LogP contribution >= 0.6 is 0 Å². The molecule has 0 aliphatic carbocycles. The fourth-order valence-corrected chi connectivity index (χ4v) is 1.20. The molecule has 5 heteroatoms. The van der Waals surface area contributed by atoms with E-state index in [1.54, 1.807) is 10.9 Å². The third-order valence-corrected chi connectivity index (χ3v) is 1.93. The minimum Gasteiger partial charge on any atom is -0.313 e. The van der Waals surface area contributed by atoms with Crippen LogP contribution in [0.4, 0.5) is 0 Å². The molecule has 14 heavy (non-hydrogen) atoms. The van der Waals surface area contributed by atoms with Crippen molar-refractivity contribution in [2.75, 3.05) is 0 Å². The zero-order chi connectivity index (χ0) is 9.97. The Labute approximate surface area is 80.4 Å². The van der Waals surface area contributed by atoms with E-state index in [0.717, 1.165) is 12.1 Å². The number of H-pyrrole nitrogens is 1. The molecular formula is C9H10N4O. The normalized spacial score (nSPS) is 10.4. The van der Waals surface area contributed by atoms with Crippen molar-refractivity contribution in [2.24, 2.45) is 0 Å². The van der Waals surface area contributed by atoms with Gasteiger partial charge in [0.15, 0.2) is 0 Å². The highest BCUT2D eigenvalue weighted by Gasteiger charge is 2.02. The summed E-state index contributed by atoms with van der Waals surface area (Å²) in [5, 5.41) is 4.11. The SMILES string of the molecule is CCn1cc(-c2cc(=O)[nH]cn2)cn1. The molecular weight excluding hydrogens is 180 g/mol. The molecule has 2 aromatic rings. The van der Waals surface area contributed by atoms with E-state index in [1.165, 1.54) is 12.4 Å². The second-order valence-corrected chi connectivity index (χ2v) is 2.88. The number of hydrogen-bond acceptors (Lipinski definition) is 3. The highest BCUT2D eigenvalue weighted by atomic mass is 16.1. The van der Waals surface area contributed by atoms with Crippen molar-refractivity contribution >= 4 is 0 Å². The lowest BCUT2D eigenvalue weighted by atomic mass is 10.2. The number of aromatic nitrogens is 4. The summed E-state index contributed by atoms with van der Waals surface area (Å²) in [7, 11) is 0. The standard InChI is InChI=1S/C9H10N4O/c1-2-13-5-7(4-12-13)8-3-9(14)11-6-10-8/h3-6H,2H2,1H3,(H,10,11,14). The molecule has 2 rings (SSSR count). The van der Waals surface area contributed by atoms with Crippen LogP contribution in [0.25, 0.3) is 11.3 Å². The summed E-state index contributed by atoms with van der Waals surface area (Å²) in [5.41, 5.74) is 1.35. The maximum atomic E-state index is 11.0. The van der Waals surface area contributed by atoms with Crippen LogP contribution in [0.3, 0.4) is 0 Å². The summed E-state index contributed by atoms with van der Waals surface area (Å²) < 4.78 is 1.79. The van der Waals surface area contributed by atoms with Crippen molar-refractivity contribution in [1.82, 2.24) is 19.7 Å². The van der Waals surface area contributed by atoms with E-state index >= 15 is 0 Å². The van der Waals surface area contributed by atoms with Gasteiger partial charge < -0.3 is 4.98 Å². The van der Waals surface area contributed by atoms with Crippen LogP contribution in [0.15, 0.2) is 29.6 Å². The van der Waals surface area contributed by atoms with Gasteiger partial charge in [0.2, 0.25) is 0 Å². The minimum atomic E-state index is -0.153. The van der Waals surface area contributed by atoms with E-state index in [-0.39, 0.29) is 5.56 Å². The zero-order valence-corrected chi connectivity index (χ0v) is 7.77. The second-order valence-electron chi connectivity index (χ2n) is 2.88. The topological polar surface area (TPSA) is 63.6 Å². The molecule has 0 fully saturated rings. The first kappa shape index (κ1) is 8.68. The molecule has 1 N–H and O–H groups in total. The molecule has 0 saturated carbocycles. The Morgan fingerprint density at radius 1 is 1.57 bits per heavy atom. The maximum Gasteiger partial charge on any atom is 0.251 e. The van der Waals surface area contributed by atoms with Crippen molar-refractivity contribution in [3.05, 3.63) is 35.1 Å². The van der Waals surface area contributed by atoms with E-state index in [9.17, 15) is 4.79 Å². The van der Waals surface area contributed by atoms with E-state index in [1.807, 2.05) is 13.1 Å². The minimum absolute atomic E-state index is 0.153. The van der Waals surface area contributed by atoms with Crippen molar-refractivity contribution in [3.8, 4) is 11.3 Å². The Morgan fingerprint density at radius 2 is 2.43 bits per heavy atom. The van der Waals surface area contributed by atoms with Crippen LogP contribution in [0, 0.1) is 0 Å². The Hall–Kier alpha value is -1.91. The second kappa shape index (κ2) is 3.45. The van der Waals surface area contributed by atoms with Crippen LogP contribution in [-0.4, -0.2) is 19.7 Å². The molecule has 0 amide bonds. The number of aryl methyl sites for hydroxylation is 1. The van der Waals surface area contributed by atoms with Gasteiger partial charge >= 0.3 is 0 Å². The van der Waals surface area contributed by atoms with E-state index < -0.39 is 0 Å². The number of aromatic amines is 1. The molecule has 0 spiro atoms. The van der Waals surface area contributed by atoms with E-state index in [0.29, 0.717) is 5.69 Å². The molecule has 2 heterocycles. The van der Waals surface area contributed by atoms with Crippen molar-refractivity contribution in [2.45, 2.75) is 13.5 Å². The molecule has 0 aliphatic rings. The average molecular weight is 190 g/mol. The van der Waals surface area contributed by atoms with Gasteiger partial charge in [-0.2, -0.15) is 5.10 Å². The number of nitrogens with one attached hydrogen (secondary N) is 1. The first-order valence-electron chi connectivity index (χ1n) is 4.37. The predicted molar refractivity (Wildman–Crippen MR) is 51.8 cm³/mol. The maximum absolute atomic E-state index is 11.0. The summed E-state index contributed by atoms with van der Waals surface area (Å²) in [6.45, 7) is 2.81. The first-order chi connectivity index (χ1) is 6.79. The number of hydrogen-bond donors (Lipinski definition) is 1. The Kier molecular flexibility index (Phi) is 2.14. The average Bonchev–Trinajstić information content (AvgIpc) is 2.66. The lowest BCUT2D eigenvalue weighted by Crippen LogP contribution is -2.04. The summed E-state index contributed by atoms with van der Waals surface area (Å²) in [6, 6.07) is 1.46.